The van der Waals surface area contributed by atoms with Crippen LogP contribution in [0.2, 0.25) is 0 Å². The SMILES string of the molecule is Cc1ccc(C2(F)CCCC2)cc1. The Hall–Kier alpha value is -0.850. The quantitative estimate of drug-likeness (QED) is 0.614. The first-order chi connectivity index (χ1) is 6.21. The molecule has 0 atom stereocenters. The predicted molar refractivity (Wildman–Crippen MR) is 52.4 cm³/mol. The summed E-state index contributed by atoms with van der Waals surface area (Å²) in [7, 11) is 0. The van der Waals surface area contributed by atoms with E-state index in [0.29, 0.717) is 12.8 Å². The van der Waals surface area contributed by atoms with Gasteiger partial charge in [0.1, 0.15) is 5.67 Å². The first-order valence-corrected chi connectivity index (χ1v) is 4.97. The lowest BCUT2D eigenvalue weighted by molar-refractivity contribution is 0.175. The number of halogens is 1. The Balaban J connectivity index is 2.29. The summed E-state index contributed by atoms with van der Waals surface area (Å²) in [6, 6.07) is 7.85. The van der Waals surface area contributed by atoms with Gasteiger partial charge in [-0.1, -0.05) is 29.8 Å². The van der Waals surface area contributed by atoms with Crippen LogP contribution in [0.4, 0.5) is 4.39 Å². The van der Waals surface area contributed by atoms with Crippen LogP contribution >= 0.6 is 0 Å². The molecule has 0 amide bonds. The number of hydrogen-bond donors (Lipinski definition) is 0. The Morgan fingerprint density at radius 3 is 2.15 bits per heavy atom. The minimum atomic E-state index is -1.02. The van der Waals surface area contributed by atoms with Crippen LogP contribution in [0, 0.1) is 6.92 Å². The Morgan fingerprint density at radius 2 is 1.62 bits per heavy atom. The molecular weight excluding hydrogens is 163 g/mol. The van der Waals surface area contributed by atoms with E-state index in [1.807, 2.05) is 31.2 Å². The predicted octanol–water partition coefficient (Wildman–Crippen LogP) is 3.73. The molecule has 1 saturated carbocycles. The average molecular weight is 178 g/mol. The Bertz CT molecular complexity index is 280. The third-order valence-electron chi connectivity index (χ3n) is 2.97. The van der Waals surface area contributed by atoms with Crippen molar-refractivity contribution in [1.82, 2.24) is 0 Å². The highest BCUT2D eigenvalue weighted by Gasteiger charge is 2.35. The smallest absolute Gasteiger partial charge is 0.136 e. The minimum absolute atomic E-state index is 0.704. The van der Waals surface area contributed by atoms with Gasteiger partial charge in [-0.15, -0.1) is 0 Å². The van der Waals surface area contributed by atoms with Crippen molar-refractivity contribution in [1.29, 1.82) is 0 Å². The normalized spacial score (nSPS) is 20.5. The molecule has 70 valence electrons. The lowest BCUT2D eigenvalue weighted by atomic mass is 9.94. The fourth-order valence-electron chi connectivity index (χ4n) is 2.08. The number of alkyl halides is 1. The molecule has 13 heavy (non-hydrogen) atoms. The van der Waals surface area contributed by atoms with Crippen molar-refractivity contribution in [3.63, 3.8) is 0 Å². The number of aryl methyl sites for hydroxylation is 1. The van der Waals surface area contributed by atoms with Crippen molar-refractivity contribution in [2.45, 2.75) is 38.3 Å². The van der Waals surface area contributed by atoms with Crippen LogP contribution in [0.3, 0.4) is 0 Å². The van der Waals surface area contributed by atoms with Crippen molar-refractivity contribution in [3.8, 4) is 0 Å². The van der Waals surface area contributed by atoms with E-state index in [1.165, 1.54) is 5.56 Å². The van der Waals surface area contributed by atoms with E-state index in [-0.39, 0.29) is 0 Å². The minimum Gasteiger partial charge on any atom is -0.239 e. The summed E-state index contributed by atoms with van der Waals surface area (Å²) in [5, 5.41) is 0. The van der Waals surface area contributed by atoms with Gasteiger partial charge in [0.15, 0.2) is 0 Å². The summed E-state index contributed by atoms with van der Waals surface area (Å²) in [5.41, 5.74) is 1.05. The zero-order chi connectivity index (χ0) is 9.31. The van der Waals surface area contributed by atoms with Crippen molar-refractivity contribution < 1.29 is 4.39 Å². The van der Waals surface area contributed by atoms with Gasteiger partial charge in [-0.2, -0.15) is 0 Å². The molecule has 0 saturated heterocycles. The van der Waals surface area contributed by atoms with Gasteiger partial charge in [-0.25, -0.2) is 4.39 Å². The third-order valence-corrected chi connectivity index (χ3v) is 2.97. The topological polar surface area (TPSA) is 0 Å². The molecule has 0 spiro atoms. The van der Waals surface area contributed by atoms with E-state index in [4.69, 9.17) is 0 Å². The van der Waals surface area contributed by atoms with E-state index in [1.54, 1.807) is 0 Å². The molecule has 0 aromatic heterocycles. The first kappa shape index (κ1) is 8.74. The highest BCUT2D eigenvalue weighted by Crippen LogP contribution is 2.42. The lowest BCUT2D eigenvalue weighted by Crippen LogP contribution is -2.14. The first-order valence-electron chi connectivity index (χ1n) is 4.97. The molecule has 0 heterocycles. The molecule has 0 nitrogen and oxygen atoms in total. The van der Waals surface area contributed by atoms with Gasteiger partial charge in [0.05, 0.1) is 0 Å². The molecule has 1 heteroatoms. The Kier molecular flexibility index (Phi) is 2.10. The standard InChI is InChI=1S/C12H15F/c1-10-4-6-11(7-5-10)12(13)8-2-3-9-12/h4-7H,2-3,8-9H2,1H3. The summed E-state index contributed by atoms with van der Waals surface area (Å²) in [5.74, 6) is 0. The molecule has 0 unspecified atom stereocenters. The van der Waals surface area contributed by atoms with Crippen LogP contribution in [-0.2, 0) is 5.67 Å². The zero-order valence-electron chi connectivity index (χ0n) is 8.02. The van der Waals surface area contributed by atoms with Crippen LogP contribution < -0.4 is 0 Å². The average Bonchev–Trinajstić information content (AvgIpc) is 2.54. The second kappa shape index (κ2) is 3.13. The van der Waals surface area contributed by atoms with Gasteiger partial charge in [0.25, 0.3) is 0 Å². The van der Waals surface area contributed by atoms with Gasteiger partial charge in [0, 0.05) is 0 Å². The molecule has 1 aliphatic rings. The van der Waals surface area contributed by atoms with Crippen molar-refractivity contribution in [3.05, 3.63) is 35.4 Å². The Morgan fingerprint density at radius 1 is 1.08 bits per heavy atom. The largest absolute Gasteiger partial charge is 0.239 e. The van der Waals surface area contributed by atoms with Crippen LogP contribution in [0.15, 0.2) is 24.3 Å². The van der Waals surface area contributed by atoms with E-state index >= 15 is 0 Å². The molecule has 2 rings (SSSR count). The van der Waals surface area contributed by atoms with Crippen LogP contribution in [-0.4, -0.2) is 0 Å². The molecular formula is C12H15F. The van der Waals surface area contributed by atoms with E-state index in [2.05, 4.69) is 0 Å². The molecule has 0 radical (unpaired) electrons. The molecule has 1 aromatic carbocycles. The second-order valence-corrected chi connectivity index (χ2v) is 4.04. The van der Waals surface area contributed by atoms with Crippen LogP contribution in [0.25, 0.3) is 0 Å². The summed E-state index contributed by atoms with van der Waals surface area (Å²) >= 11 is 0. The van der Waals surface area contributed by atoms with E-state index in [0.717, 1.165) is 18.4 Å². The van der Waals surface area contributed by atoms with E-state index in [9.17, 15) is 4.39 Å². The summed E-state index contributed by atoms with van der Waals surface area (Å²) in [4.78, 5) is 0. The van der Waals surface area contributed by atoms with Gasteiger partial charge >= 0.3 is 0 Å². The molecule has 0 aliphatic heterocycles. The number of rotatable bonds is 1. The van der Waals surface area contributed by atoms with Gasteiger partial charge in [0.2, 0.25) is 0 Å². The molecule has 1 aromatic rings. The van der Waals surface area contributed by atoms with E-state index < -0.39 is 5.67 Å². The maximum Gasteiger partial charge on any atom is 0.136 e. The summed E-state index contributed by atoms with van der Waals surface area (Å²) < 4.78 is 14.2. The molecule has 1 aliphatic carbocycles. The monoisotopic (exact) mass is 178 g/mol. The van der Waals surface area contributed by atoms with Crippen molar-refractivity contribution in [2.75, 3.05) is 0 Å². The molecule has 0 N–H and O–H groups in total. The highest BCUT2D eigenvalue weighted by atomic mass is 19.1. The number of benzene rings is 1. The van der Waals surface area contributed by atoms with Crippen LogP contribution in [0.5, 0.6) is 0 Å². The second-order valence-electron chi connectivity index (χ2n) is 4.04. The zero-order valence-corrected chi connectivity index (χ0v) is 8.02. The fourth-order valence-corrected chi connectivity index (χ4v) is 2.08. The molecule has 0 bridgehead atoms. The van der Waals surface area contributed by atoms with Gasteiger partial charge in [-0.3, -0.25) is 0 Å². The maximum absolute atomic E-state index is 14.2. The van der Waals surface area contributed by atoms with Gasteiger partial charge < -0.3 is 0 Å². The van der Waals surface area contributed by atoms with Crippen molar-refractivity contribution in [2.24, 2.45) is 0 Å². The summed E-state index contributed by atoms with van der Waals surface area (Å²) in [6.07, 6.45) is 3.47. The Labute approximate surface area is 78.8 Å². The highest BCUT2D eigenvalue weighted by molar-refractivity contribution is 5.27. The van der Waals surface area contributed by atoms with Crippen LogP contribution in [0.1, 0.15) is 36.8 Å². The maximum atomic E-state index is 14.2. The summed E-state index contributed by atoms with van der Waals surface area (Å²) in [6.45, 7) is 2.03. The van der Waals surface area contributed by atoms with Crippen molar-refractivity contribution >= 4 is 0 Å². The third kappa shape index (κ3) is 1.60. The molecule has 1 fully saturated rings. The van der Waals surface area contributed by atoms with Gasteiger partial charge in [-0.05, 0) is 38.2 Å². The number of hydrogen-bond acceptors (Lipinski definition) is 0. The fraction of sp³-hybridized carbons (Fsp3) is 0.500. The lowest BCUT2D eigenvalue weighted by Gasteiger charge is -2.19.